The number of benzene rings is 1. The van der Waals surface area contributed by atoms with Crippen LogP contribution >= 0.6 is 0 Å². The fourth-order valence-corrected chi connectivity index (χ4v) is 1.86. The maximum atomic E-state index is 11.7. The number of anilines is 1. The van der Waals surface area contributed by atoms with Crippen LogP contribution < -0.4 is 9.64 Å². The largest absolute Gasteiger partial charge is 0.481 e. The summed E-state index contributed by atoms with van der Waals surface area (Å²) in [4.78, 5) is 24.6. The molecule has 2 amide bonds. The topological polar surface area (TPSA) is 46.6 Å². The quantitative estimate of drug-likeness (QED) is 0.600. The third-order valence-electron chi connectivity index (χ3n) is 2.70. The molecular formula is C14H13NO3. The van der Waals surface area contributed by atoms with Crippen molar-refractivity contribution in [3.05, 3.63) is 24.3 Å². The lowest BCUT2D eigenvalue weighted by molar-refractivity contribution is -0.129. The Balaban J connectivity index is 2.15. The molecule has 0 spiro atoms. The summed E-state index contributed by atoms with van der Waals surface area (Å²) >= 11 is 0. The summed E-state index contributed by atoms with van der Waals surface area (Å²) in [5, 5.41) is 0. The predicted molar refractivity (Wildman–Crippen MR) is 67.1 cm³/mol. The first-order valence-corrected chi connectivity index (χ1v) is 5.74. The Morgan fingerprint density at radius 3 is 2.33 bits per heavy atom. The van der Waals surface area contributed by atoms with Gasteiger partial charge < -0.3 is 4.74 Å². The number of piperidine rings is 1. The maximum Gasteiger partial charge on any atom is 0.233 e. The number of imide groups is 1. The molecule has 1 heterocycles. The lowest BCUT2D eigenvalue weighted by Gasteiger charge is -2.24. The summed E-state index contributed by atoms with van der Waals surface area (Å²) < 4.78 is 5.23. The molecule has 18 heavy (non-hydrogen) atoms. The minimum Gasteiger partial charge on any atom is -0.481 e. The lowest BCUT2D eigenvalue weighted by Crippen LogP contribution is -2.40. The summed E-state index contributed by atoms with van der Waals surface area (Å²) in [6.07, 6.45) is 6.56. The van der Waals surface area contributed by atoms with E-state index in [-0.39, 0.29) is 18.4 Å². The third-order valence-corrected chi connectivity index (χ3v) is 2.70. The summed E-state index contributed by atoms with van der Waals surface area (Å²) in [7, 11) is 0. The van der Waals surface area contributed by atoms with Crippen molar-refractivity contribution < 1.29 is 14.3 Å². The van der Waals surface area contributed by atoms with Crippen molar-refractivity contribution in [3.8, 4) is 18.1 Å². The van der Waals surface area contributed by atoms with Gasteiger partial charge in [-0.3, -0.25) is 14.5 Å². The molecule has 4 heteroatoms. The summed E-state index contributed by atoms with van der Waals surface area (Å²) in [6.45, 7) is 0.195. The standard InChI is InChI=1S/C14H13NO3/c1-2-10-18-12-8-6-11(7-9-12)15-13(16)4-3-5-14(15)17/h1,6-9H,3-5,10H2. The van der Waals surface area contributed by atoms with Crippen LogP contribution in [0.5, 0.6) is 5.75 Å². The van der Waals surface area contributed by atoms with Crippen LogP contribution in [0.15, 0.2) is 24.3 Å². The number of carbonyl (C=O) groups is 2. The highest BCUT2D eigenvalue weighted by atomic mass is 16.5. The van der Waals surface area contributed by atoms with Crippen molar-refractivity contribution in [2.45, 2.75) is 19.3 Å². The molecule has 1 saturated heterocycles. The highest BCUT2D eigenvalue weighted by Gasteiger charge is 2.27. The lowest BCUT2D eigenvalue weighted by atomic mass is 10.1. The van der Waals surface area contributed by atoms with Gasteiger partial charge in [0, 0.05) is 12.8 Å². The minimum atomic E-state index is -0.149. The summed E-state index contributed by atoms with van der Waals surface area (Å²) in [5.74, 6) is 2.69. The molecule has 0 radical (unpaired) electrons. The molecule has 1 aromatic rings. The van der Waals surface area contributed by atoms with Crippen molar-refractivity contribution in [3.63, 3.8) is 0 Å². The Kier molecular flexibility index (Phi) is 3.63. The zero-order valence-corrected chi connectivity index (χ0v) is 9.89. The third kappa shape index (κ3) is 2.51. The Morgan fingerprint density at radius 2 is 1.78 bits per heavy atom. The van der Waals surface area contributed by atoms with Crippen LogP contribution in [0.3, 0.4) is 0 Å². The predicted octanol–water partition coefficient (Wildman–Crippen LogP) is 1.74. The Hall–Kier alpha value is -2.28. The highest BCUT2D eigenvalue weighted by molar-refractivity contribution is 6.16. The van der Waals surface area contributed by atoms with Gasteiger partial charge >= 0.3 is 0 Å². The van der Waals surface area contributed by atoms with Crippen LogP contribution in [-0.2, 0) is 9.59 Å². The molecule has 0 aromatic heterocycles. The Labute approximate surface area is 106 Å². The van der Waals surface area contributed by atoms with Crippen LogP contribution in [0.1, 0.15) is 19.3 Å². The van der Waals surface area contributed by atoms with E-state index in [4.69, 9.17) is 11.2 Å². The van der Waals surface area contributed by atoms with E-state index in [2.05, 4.69) is 5.92 Å². The number of ether oxygens (including phenoxy) is 1. The van der Waals surface area contributed by atoms with Gasteiger partial charge in [0.05, 0.1) is 5.69 Å². The molecule has 4 nitrogen and oxygen atoms in total. The summed E-state index contributed by atoms with van der Waals surface area (Å²) in [5.41, 5.74) is 0.581. The fourth-order valence-electron chi connectivity index (χ4n) is 1.86. The molecule has 1 fully saturated rings. The van der Waals surface area contributed by atoms with Crippen molar-refractivity contribution in [1.29, 1.82) is 0 Å². The monoisotopic (exact) mass is 243 g/mol. The van der Waals surface area contributed by atoms with Crippen molar-refractivity contribution >= 4 is 17.5 Å². The van der Waals surface area contributed by atoms with E-state index < -0.39 is 0 Å². The SMILES string of the molecule is C#CCOc1ccc(N2C(=O)CCCC2=O)cc1. The maximum absolute atomic E-state index is 11.7. The zero-order chi connectivity index (χ0) is 13.0. The van der Waals surface area contributed by atoms with Crippen molar-refractivity contribution in [2.24, 2.45) is 0 Å². The number of hydrogen-bond acceptors (Lipinski definition) is 3. The second-order valence-electron chi connectivity index (χ2n) is 3.96. The van der Waals surface area contributed by atoms with Crippen LogP contribution in [0.2, 0.25) is 0 Å². The molecule has 92 valence electrons. The normalized spacial score (nSPS) is 15.4. The van der Waals surface area contributed by atoms with Crippen LogP contribution in [0.4, 0.5) is 5.69 Å². The molecule has 0 unspecified atom stereocenters. The number of hydrogen-bond donors (Lipinski definition) is 0. The molecule has 2 rings (SSSR count). The van der Waals surface area contributed by atoms with E-state index in [1.165, 1.54) is 4.90 Å². The number of nitrogens with zero attached hydrogens (tertiary/aromatic N) is 1. The van der Waals surface area contributed by atoms with Gasteiger partial charge in [0.25, 0.3) is 0 Å². The van der Waals surface area contributed by atoms with Gasteiger partial charge in [-0.25, -0.2) is 0 Å². The van der Waals surface area contributed by atoms with E-state index in [1.807, 2.05) is 0 Å². The highest BCUT2D eigenvalue weighted by Crippen LogP contribution is 2.24. The molecule has 0 atom stereocenters. The fraction of sp³-hybridized carbons (Fsp3) is 0.286. The number of amides is 2. The minimum absolute atomic E-state index is 0.149. The van der Waals surface area contributed by atoms with E-state index in [1.54, 1.807) is 24.3 Å². The van der Waals surface area contributed by atoms with Gasteiger partial charge in [-0.2, -0.15) is 0 Å². The van der Waals surface area contributed by atoms with Crippen molar-refractivity contribution in [2.75, 3.05) is 11.5 Å². The molecular weight excluding hydrogens is 230 g/mol. The van der Waals surface area contributed by atoms with Crippen LogP contribution in [0.25, 0.3) is 0 Å². The number of rotatable bonds is 3. The molecule has 1 aliphatic rings. The molecule has 0 N–H and O–H groups in total. The van der Waals surface area contributed by atoms with Crippen LogP contribution in [0, 0.1) is 12.3 Å². The molecule has 1 aromatic carbocycles. The molecule has 1 aliphatic heterocycles. The van der Waals surface area contributed by atoms with E-state index in [9.17, 15) is 9.59 Å². The van der Waals surface area contributed by atoms with E-state index in [0.29, 0.717) is 30.7 Å². The van der Waals surface area contributed by atoms with Gasteiger partial charge in [0.15, 0.2) is 0 Å². The average molecular weight is 243 g/mol. The van der Waals surface area contributed by atoms with Crippen LogP contribution in [-0.4, -0.2) is 18.4 Å². The van der Waals surface area contributed by atoms with E-state index in [0.717, 1.165) is 0 Å². The first-order chi connectivity index (χ1) is 8.72. The first-order valence-electron chi connectivity index (χ1n) is 5.74. The van der Waals surface area contributed by atoms with Crippen molar-refractivity contribution in [1.82, 2.24) is 0 Å². The van der Waals surface area contributed by atoms with Gasteiger partial charge in [-0.05, 0) is 30.7 Å². The van der Waals surface area contributed by atoms with E-state index >= 15 is 0 Å². The second kappa shape index (κ2) is 5.37. The van der Waals surface area contributed by atoms with Gasteiger partial charge in [-0.1, -0.05) is 5.92 Å². The van der Waals surface area contributed by atoms with Gasteiger partial charge in [-0.15, -0.1) is 6.42 Å². The van der Waals surface area contributed by atoms with Gasteiger partial charge in [0.2, 0.25) is 11.8 Å². The molecule has 0 bridgehead atoms. The smallest absolute Gasteiger partial charge is 0.233 e. The summed E-state index contributed by atoms with van der Waals surface area (Å²) in [6, 6.07) is 6.77. The first kappa shape index (κ1) is 12.2. The Morgan fingerprint density at radius 1 is 1.17 bits per heavy atom. The number of terminal acetylenes is 1. The number of carbonyl (C=O) groups excluding carboxylic acids is 2. The average Bonchev–Trinajstić information content (AvgIpc) is 2.37. The van der Waals surface area contributed by atoms with Gasteiger partial charge in [0.1, 0.15) is 12.4 Å². The second-order valence-corrected chi connectivity index (χ2v) is 3.96. The molecule has 0 aliphatic carbocycles. The Bertz CT molecular complexity index is 483. The zero-order valence-electron chi connectivity index (χ0n) is 9.89. The molecule has 0 saturated carbocycles.